The molecule has 2 aromatic heterocycles. The van der Waals surface area contributed by atoms with Crippen LogP contribution in [0.25, 0.3) is 11.0 Å². The molecule has 0 unspecified atom stereocenters. The molecule has 26 heavy (non-hydrogen) atoms. The molecule has 0 aliphatic rings. The molecule has 0 fully saturated rings. The molecule has 3 aromatic rings. The fourth-order valence-electron chi connectivity index (χ4n) is 3.05. The first-order valence-electron chi connectivity index (χ1n) is 8.74. The Balaban J connectivity index is 1.57. The van der Waals surface area contributed by atoms with Crippen LogP contribution >= 0.6 is 0 Å². The molecular formula is C19H25N5O2. The Labute approximate surface area is 153 Å². The monoisotopic (exact) mass is 355 g/mol. The van der Waals surface area contributed by atoms with Gasteiger partial charge in [0.05, 0.1) is 18.1 Å². The van der Waals surface area contributed by atoms with E-state index in [9.17, 15) is 4.79 Å². The number of fused-ring (bicyclic) bond motifs is 1. The molecule has 0 spiro atoms. The first-order chi connectivity index (χ1) is 12.5. The number of carbonyl (C=O) groups excluding carboxylic acids is 1. The van der Waals surface area contributed by atoms with Gasteiger partial charge in [-0.15, -0.1) is 0 Å². The summed E-state index contributed by atoms with van der Waals surface area (Å²) < 4.78 is 7.26. The predicted octanol–water partition coefficient (Wildman–Crippen LogP) is 2.73. The second kappa shape index (κ2) is 7.59. The van der Waals surface area contributed by atoms with Crippen LogP contribution in [0, 0.1) is 6.92 Å². The van der Waals surface area contributed by atoms with Crippen molar-refractivity contribution in [1.82, 2.24) is 24.4 Å². The number of aryl methyl sites for hydroxylation is 1. The summed E-state index contributed by atoms with van der Waals surface area (Å²) in [6.07, 6.45) is 4.80. The molecule has 7 heteroatoms. The van der Waals surface area contributed by atoms with Gasteiger partial charge < -0.3 is 19.2 Å². The van der Waals surface area contributed by atoms with Gasteiger partial charge in [0.2, 0.25) is 5.91 Å². The van der Waals surface area contributed by atoms with Crippen molar-refractivity contribution < 1.29 is 9.53 Å². The van der Waals surface area contributed by atoms with Gasteiger partial charge in [-0.25, -0.2) is 9.97 Å². The number of hydrogen-bond donors (Lipinski definition) is 1. The van der Waals surface area contributed by atoms with E-state index in [2.05, 4.69) is 15.0 Å². The zero-order valence-corrected chi connectivity index (χ0v) is 15.7. The lowest BCUT2D eigenvalue weighted by atomic mass is 10.2. The molecule has 0 aliphatic heterocycles. The average Bonchev–Trinajstić information content (AvgIpc) is 3.24. The molecule has 0 saturated heterocycles. The Kier molecular flexibility index (Phi) is 5.25. The van der Waals surface area contributed by atoms with E-state index in [4.69, 9.17) is 4.74 Å². The van der Waals surface area contributed by atoms with E-state index in [-0.39, 0.29) is 11.9 Å². The number of aromatic amines is 1. The van der Waals surface area contributed by atoms with Crippen LogP contribution < -0.4 is 4.74 Å². The number of ether oxygens (including phenoxy) is 1. The number of aromatic nitrogens is 4. The van der Waals surface area contributed by atoms with Crippen molar-refractivity contribution >= 4 is 16.9 Å². The van der Waals surface area contributed by atoms with Gasteiger partial charge >= 0.3 is 0 Å². The Hall–Kier alpha value is -2.83. The fourth-order valence-corrected chi connectivity index (χ4v) is 3.05. The summed E-state index contributed by atoms with van der Waals surface area (Å²) in [5.74, 6) is 2.70. The van der Waals surface area contributed by atoms with Crippen LogP contribution in [-0.4, -0.2) is 51.0 Å². The third kappa shape index (κ3) is 3.87. The number of rotatable bonds is 7. The first-order valence-corrected chi connectivity index (χ1v) is 8.74. The van der Waals surface area contributed by atoms with Gasteiger partial charge in [-0.3, -0.25) is 4.79 Å². The van der Waals surface area contributed by atoms with E-state index < -0.39 is 0 Å². The third-order valence-corrected chi connectivity index (χ3v) is 4.66. The number of nitrogens with one attached hydrogen (secondary N) is 1. The molecule has 0 bridgehead atoms. The van der Waals surface area contributed by atoms with Crippen LogP contribution in [0.4, 0.5) is 0 Å². The van der Waals surface area contributed by atoms with E-state index in [1.807, 2.05) is 49.9 Å². The zero-order chi connectivity index (χ0) is 18.7. The zero-order valence-electron chi connectivity index (χ0n) is 15.7. The molecule has 0 radical (unpaired) electrons. The molecule has 7 nitrogen and oxygen atoms in total. The molecule has 0 aliphatic carbocycles. The van der Waals surface area contributed by atoms with Crippen LogP contribution in [0.15, 0.2) is 30.6 Å². The summed E-state index contributed by atoms with van der Waals surface area (Å²) in [6.45, 7) is 4.60. The van der Waals surface area contributed by atoms with Gasteiger partial charge in [0.1, 0.15) is 17.4 Å². The molecule has 1 N–H and O–H groups in total. The maximum atomic E-state index is 12.5. The van der Waals surface area contributed by atoms with Crippen molar-refractivity contribution in [2.24, 2.45) is 0 Å². The Bertz CT molecular complexity index is 898. The number of H-pyrrole nitrogens is 1. The predicted molar refractivity (Wildman–Crippen MR) is 100 cm³/mol. The van der Waals surface area contributed by atoms with Crippen LogP contribution in [0.2, 0.25) is 0 Å². The molecular weight excluding hydrogens is 330 g/mol. The van der Waals surface area contributed by atoms with E-state index in [1.54, 1.807) is 18.2 Å². The quantitative estimate of drug-likeness (QED) is 0.707. The topological polar surface area (TPSA) is 76.0 Å². The van der Waals surface area contributed by atoms with Crippen molar-refractivity contribution in [3.63, 3.8) is 0 Å². The highest BCUT2D eigenvalue weighted by Crippen LogP contribution is 2.19. The summed E-state index contributed by atoms with van der Waals surface area (Å²) in [7, 11) is 3.48. The number of likely N-dealkylation sites (N-methyl/N-ethyl adjacent to an activating group) is 1. The second-order valence-corrected chi connectivity index (χ2v) is 6.57. The number of carbonyl (C=O) groups is 1. The summed E-state index contributed by atoms with van der Waals surface area (Å²) in [5, 5.41) is 0. The molecule has 0 saturated carbocycles. The second-order valence-electron chi connectivity index (χ2n) is 6.57. The standard InChI is InChI=1S/C19H25N5O2/c1-13(24-10-8-20-14(24)2)11-19(25)23(3)9-7-18-21-16-6-5-15(26-4)12-17(16)22-18/h5-6,8,10,12-13H,7,9,11H2,1-4H3,(H,21,22)/t13-/m0/s1. The Morgan fingerprint density at radius 2 is 2.23 bits per heavy atom. The highest BCUT2D eigenvalue weighted by Gasteiger charge is 2.16. The molecule has 3 rings (SSSR count). The van der Waals surface area contributed by atoms with Crippen molar-refractivity contribution in [2.75, 3.05) is 20.7 Å². The maximum absolute atomic E-state index is 12.5. The SMILES string of the molecule is COc1ccc2nc(CCN(C)C(=O)C[C@H](C)n3ccnc3C)[nH]c2c1. The van der Waals surface area contributed by atoms with E-state index in [0.717, 1.165) is 28.4 Å². The van der Waals surface area contributed by atoms with Gasteiger partial charge in [0.15, 0.2) is 0 Å². The van der Waals surface area contributed by atoms with Crippen LogP contribution in [0.5, 0.6) is 5.75 Å². The van der Waals surface area contributed by atoms with Gasteiger partial charge in [0, 0.05) is 50.9 Å². The molecule has 2 heterocycles. The molecule has 138 valence electrons. The van der Waals surface area contributed by atoms with Gasteiger partial charge in [0.25, 0.3) is 0 Å². The van der Waals surface area contributed by atoms with Crippen molar-refractivity contribution in [1.29, 1.82) is 0 Å². The largest absolute Gasteiger partial charge is 0.497 e. The minimum atomic E-state index is 0.0890. The first kappa shape index (κ1) is 18.0. The summed E-state index contributed by atoms with van der Waals surface area (Å²) in [6, 6.07) is 5.84. The number of imidazole rings is 2. The maximum Gasteiger partial charge on any atom is 0.224 e. The van der Waals surface area contributed by atoms with E-state index in [0.29, 0.717) is 19.4 Å². The Morgan fingerprint density at radius 1 is 1.42 bits per heavy atom. The molecule has 1 aromatic carbocycles. The van der Waals surface area contributed by atoms with Gasteiger partial charge in [-0.05, 0) is 26.0 Å². The van der Waals surface area contributed by atoms with Crippen molar-refractivity contribution in [2.45, 2.75) is 32.7 Å². The van der Waals surface area contributed by atoms with Crippen molar-refractivity contribution in [3.05, 3.63) is 42.2 Å². The van der Waals surface area contributed by atoms with Crippen LogP contribution in [0.1, 0.15) is 31.0 Å². The number of nitrogens with zero attached hydrogens (tertiary/aromatic N) is 4. The smallest absolute Gasteiger partial charge is 0.224 e. The van der Waals surface area contributed by atoms with Crippen molar-refractivity contribution in [3.8, 4) is 5.75 Å². The lowest BCUT2D eigenvalue weighted by Gasteiger charge is -2.20. The summed E-state index contributed by atoms with van der Waals surface area (Å²) in [4.78, 5) is 26.3. The Morgan fingerprint density at radius 3 is 2.92 bits per heavy atom. The van der Waals surface area contributed by atoms with E-state index >= 15 is 0 Å². The number of benzene rings is 1. The number of methoxy groups -OCH3 is 1. The highest BCUT2D eigenvalue weighted by molar-refractivity contribution is 5.77. The highest BCUT2D eigenvalue weighted by atomic mass is 16.5. The third-order valence-electron chi connectivity index (χ3n) is 4.66. The lowest BCUT2D eigenvalue weighted by Crippen LogP contribution is -2.30. The van der Waals surface area contributed by atoms with E-state index in [1.165, 1.54) is 0 Å². The number of amides is 1. The average molecular weight is 355 g/mol. The molecule has 1 amide bonds. The minimum Gasteiger partial charge on any atom is -0.497 e. The lowest BCUT2D eigenvalue weighted by molar-refractivity contribution is -0.130. The number of hydrogen-bond acceptors (Lipinski definition) is 4. The van der Waals surface area contributed by atoms with Gasteiger partial charge in [-0.1, -0.05) is 0 Å². The fraction of sp³-hybridized carbons (Fsp3) is 0.421. The summed E-state index contributed by atoms with van der Waals surface area (Å²) in [5.41, 5.74) is 1.84. The normalized spacial score (nSPS) is 12.3. The van der Waals surface area contributed by atoms with Gasteiger partial charge in [-0.2, -0.15) is 0 Å². The molecule has 1 atom stereocenters. The minimum absolute atomic E-state index is 0.0890. The van der Waals surface area contributed by atoms with Crippen LogP contribution in [-0.2, 0) is 11.2 Å². The summed E-state index contributed by atoms with van der Waals surface area (Å²) >= 11 is 0. The van der Waals surface area contributed by atoms with Crippen LogP contribution in [0.3, 0.4) is 0 Å².